The molecule has 0 aromatic heterocycles. The first-order valence-electron chi connectivity index (χ1n) is 9.16. The van der Waals surface area contributed by atoms with Crippen molar-refractivity contribution < 1.29 is 15.0 Å². The zero-order chi connectivity index (χ0) is 17.2. The Bertz CT molecular complexity index is 529. The van der Waals surface area contributed by atoms with Crippen LogP contribution in [-0.4, -0.2) is 28.2 Å². The Morgan fingerprint density at radius 3 is 2.43 bits per heavy atom. The molecule has 8 atom stereocenters. The van der Waals surface area contributed by atoms with Gasteiger partial charge in [0, 0.05) is 11.3 Å². The van der Waals surface area contributed by atoms with Crippen molar-refractivity contribution in [3.63, 3.8) is 0 Å². The Kier molecular flexibility index (Phi) is 3.85. The van der Waals surface area contributed by atoms with E-state index in [0.717, 1.165) is 25.7 Å². The van der Waals surface area contributed by atoms with Gasteiger partial charge in [0.05, 0.1) is 6.10 Å². The smallest absolute Gasteiger partial charge is 0.165 e. The molecular formula is C20H32O3. The molecule has 0 aromatic rings. The fourth-order valence-corrected chi connectivity index (χ4v) is 6.24. The highest BCUT2D eigenvalue weighted by Gasteiger charge is 2.67. The largest absolute Gasteiger partial charge is 0.392 e. The second kappa shape index (κ2) is 5.16. The number of Topliss-reactive ketones (excluding diaryl/α,β-unsaturated/α-hetero) is 1. The van der Waals surface area contributed by atoms with Crippen LogP contribution in [0.4, 0.5) is 0 Å². The summed E-state index contributed by atoms with van der Waals surface area (Å²) in [6.45, 7) is 12.7. The molecule has 3 saturated carbocycles. The van der Waals surface area contributed by atoms with Crippen LogP contribution in [0.3, 0.4) is 0 Å². The molecule has 2 bridgehead atoms. The quantitative estimate of drug-likeness (QED) is 0.729. The zero-order valence-electron chi connectivity index (χ0n) is 15.0. The summed E-state index contributed by atoms with van der Waals surface area (Å²) in [5.41, 5.74) is -0.681. The Morgan fingerprint density at radius 1 is 1.17 bits per heavy atom. The number of aliphatic hydroxyl groups is 2. The van der Waals surface area contributed by atoms with Gasteiger partial charge in [-0.25, -0.2) is 0 Å². The number of hydrogen-bond acceptors (Lipinski definition) is 3. The summed E-state index contributed by atoms with van der Waals surface area (Å²) >= 11 is 0. The van der Waals surface area contributed by atoms with Gasteiger partial charge in [-0.2, -0.15) is 0 Å². The molecule has 3 aliphatic rings. The molecule has 0 aromatic carbocycles. The van der Waals surface area contributed by atoms with Crippen molar-refractivity contribution >= 4 is 5.78 Å². The third-order valence-electron chi connectivity index (χ3n) is 8.31. The van der Waals surface area contributed by atoms with Crippen molar-refractivity contribution in [1.82, 2.24) is 0 Å². The van der Waals surface area contributed by atoms with Crippen LogP contribution in [0.15, 0.2) is 12.7 Å². The molecule has 3 nitrogen and oxygen atoms in total. The number of carbonyl (C=O) groups excluding carboxylic acids is 1. The van der Waals surface area contributed by atoms with E-state index in [-0.39, 0.29) is 33.9 Å². The van der Waals surface area contributed by atoms with E-state index in [4.69, 9.17) is 0 Å². The van der Waals surface area contributed by atoms with Crippen LogP contribution in [0.5, 0.6) is 0 Å². The highest BCUT2D eigenvalue weighted by molar-refractivity contribution is 5.89. The topological polar surface area (TPSA) is 57.5 Å². The second-order valence-corrected chi connectivity index (χ2v) is 9.18. The first-order valence-corrected chi connectivity index (χ1v) is 9.16. The lowest BCUT2D eigenvalue weighted by Crippen LogP contribution is -2.57. The van der Waals surface area contributed by atoms with Crippen molar-refractivity contribution in [1.29, 1.82) is 0 Å². The Labute approximate surface area is 140 Å². The van der Waals surface area contributed by atoms with Crippen LogP contribution in [0.25, 0.3) is 0 Å². The molecule has 23 heavy (non-hydrogen) atoms. The van der Waals surface area contributed by atoms with E-state index in [1.165, 1.54) is 0 Å². The third kappa shape index (κ3) is 2.05. The van der Waals surface area contributed by atoms with Gasteiger partial charge in [0.15, 0.2) is 5.78 Å². The van der Waals surface area contributed by atoms with E-state index in [1.54, 1.807) is 0 Å². The molecule has 2 N–H and O–H groups in total. The average Bonchev–Trinajstić information content (AvgIpc) is 2.80. The van der Waals surface area contributed by atoms with Crippen LogP contribution in [-0.2, 0) is 4.79 Å². The molecule has 0 aliphatic heterocycles. The van der Waals surface area contributed by atoms with Gasteiger partial charge in [0.1, 0.15) is 6.10 Å². The van der Waals surface area contributed by atoms with Crippen molar-refractivity contribution in [2.24, 2.45) is 34.0 Å². The summed E-state index contributed by atoms with van der Waals surface area (Å²) in [7, 11) is 0. The highest BCUT2D eigenvalue weighted by Crippen LogP contribution is 2.67. The lowest BCUT2D eigenvalue weighted by molar-refractivity contribution is -0.159. The summed E-state index contributed by atoms with van der Waals surface area (Å²) in [6.07, 6.45) is 4.82. The van der Waals surface area contributed by atoms with Crippen molar-refractivity contribution in [2.75, 3.05) is 0 Å². The molecular weight excluding hydrogens is 288 g/mol. The van der Waals surface area contributed by atoms with Crippen LogP contribution in [0, 0.1) is 34.0 Å². The van der Waals surface area contributed by atoms with Gasteiger partial charge < -0.3 is 10.2 Å². The molecule has 3 heteroatoms. The fraction of sp³-hybridized carbons (Fsp3) is 0.850. The summed E-state index contributed by atoms with van der Waals surface area (Å²) in [4.78, 5) is 12.9. The molecule has 0 saturated heterocycles. The van der Waals surface area contributed by atoms with E-state index in [2.05, 4.69) is 34.3 Å². The van der Waals surface area contributed by atoms with Crippen LogP contribution >= 0.6 is 0 Å². The molecule has 0 heterocycles. The number of hydrogen-bond donors (Lipinski definition) is 2. The maximum atomic E-state index is 12.9. The monoisotopic (exact) mass is 320 g/mol. The van der Waals surface area contributed by atoms with Crippen molar-refractivity contribution in [3.05, 3.63) is 12.7 Å². The normalized spacial score (nSPS) is 56.6. The first-order chi connectivity index (χ1) is 10.6. The van der Waals surface area contributed by atoms with E-state index in [0.29, 0.717) is 12.3 Å². The van der Waals surface area contributed by atoms with E-state index >= 15 is 0 Å². The number of rotatable bonds is 1. The maximum Gasteiger partial charge on any atom is 0.165 e. The van der Waals surface area contributed by atoms with Gasteiger partial charge >= 0.3 is 0 Å². The average molecular weight is 320 g/mol. The minimum atomic E-state index is -0.854. The zero-order valence-corrected chi connectivity index (χ0v) is 15.0. The second-order valence-electron chi connectivity index (χ2n) is 9.18. The highest BCUT2D eigenvalue weighted by atomic mass is 16.3. The molecule has 0 amide bonds. The first kappa shape index (κ1) is 17.2. The Morgan fingerprint density at radius 2 is 1.83 bits per heavy atom. The lowest BCUT2D eigenvalue weighted by Gasteiger charge is -2.59. The summed E-state index contributed by atoms with van der Waals surface area (Å²) in [6, 6.07) is 0. The van der Waals surface area contributed by atoms with Gasteiger partial charge in [-0.1, -0.05) is 33.8 Å². The van der Waals surface area contributed by atoms with Gasteiger partial charge in [0.2, 0.25) is 0 Å². The van der Waals surface area contributed by atoms with Crippen LogP contribution in [0.1, 0.15) is 59.8 Å². The van der Waals surface area contributed by atoms with Crippen LogP contribution in [0.2, 0.25) is 0 Å². The van der Waals surface area contributed by atoms with E-state index in [9.17, 15) is 15.0 Å². The lowest BCUT2D eigenvalue weighted by atomic mass is 9.44. The van der Waals surface area contributed by atoms with Gasteiger partial charge in [0.25, 0.3) is 0 Å². The minimum Gasteiger partial charge on any atom is -0.392 e. The molecule has 130 valence electrons. The number of aliphatic hydroxyl groups excluding tert-OH is 2. The minimum absolute atomic E-state index is 0.0104. The summed E-state index contributed by atoms with van der Waals surface area (Å²) in [5.74, 6) is 0.364. The van der Waals surface area contributed by atoms with Crippen molar-refractivity contribution in [3.8, 4) is 0 Å². The SMILES string of the molecule is C=C[C@]1(C)CC[C@@]2(C)C3C(=O)[C@@H](O)C[C@@]3(CC[C@H]2C)[C@@H](C)[C@@H]1O. The number of ketones is 1. The molecule has 3 rings (SSSR count). The molecule has 0 radical (unpaired) electrons. The Hall–Kier alpha value is -0.670. The maximum absolute atomic E-state index is 12.9. The van der Waals surface area contributed by atoms with Crippen molar-refractivity contribution in [2.45, 2.75) is 72.0 Å². The molecule has 3 fully saturated rings. The summed E-state index contributed by atoms with van der Waals surface area (Å²) in [5, 5.41) is 21.5. The fourth-order valence-electron chi connectivity index (χ4n) is 6.24. The van der Waals surface area contributed by atoms with Crippen LogP contribution < -0.4 is 0 Å². The summed E-state index contributed by atoms with van der Waals surface area (Å²) < 4.78 is 0. The molecule has 0 spiro atoms. The van der Waals surface area contributed by atoms with Gasteiger partial charge in [-0.05, 0) is 54.8 Å². The van der Waals surface area contributed by atoms with E-state index in [1.807, 2.05) is 6.08 Å². The standard InChI is InChI=1S/C20H32O3/c1-6-18(4)9-10-19(5)12(2)7-8-20(13(3)17(18)23)11-14(21)15(22)16(19)20/h6,12-14,16-17,21,23H,1,7-11H2,2-5H3/t12-,13+,14+,16?,17+,18-,19-,20+/m1/s1. The number of carbonyl (C=O) groups is 1. The predicted octanol–water partition coefficient (Wildman–Crippen LogP) is 3.34. The molecule has 1 unspecified atom stereocenters. The Balaban J connectivity index is 2.17. The van der Waals surface area contributed by atoms with Gasteiger partial charge in [-0.15, -0.1) is 6.58 Å². The van der Waals surface area contributed by atoms with E-state index < -0.39 is 12.2 Å². The van der Waals surface area contributed by atoms with Gasteiger partial charge in [-0.3, -0.25) is 4.79 Å². The molecule has 3 aliphatic carbocycles. The third-order valence-corrected chi connectivity index (χ3v) is 8.31. The predicted molar refractivity (Wildman–Crippen MR) is 90.8 cm³/mol.